The van der Waals surface area contributed by atoms with Gasteiger partial charge >= 0.3 is 0 Å². The average molecular weight is 304 g/mol. The first-order valence-electron chi connectivity index (χ1n) is 7.78. The molecule has 1 saturated carbocycles. The third kappa shape index (κ3) is 3.79. The lowest BCUT2D eigenvalue weighted by atomic mass is 10.1. The molecule has 1 N–H and O–H groups in total. The summed E-state index contributed by atoms with van der Waals surface area (Å²) in [6, 6.07) is 11.2. The molecule has 0 radical (unpaired) electrons. The summed E-state index contributed by atoms with van der Waals surface area (Å²) in [6.07, 6.45) is 8.27. The highest BCUT2D eigenvalue weighted by molar-refractivity contribution is 6.17. The summed E-state index contributed by atoms with van der Waals surface area (Å²) in [6.45, 7) is 0.772. The van der Waals surface area contributed by atoms with Crippen LogP contribution in [0.5, 0.6) is 0 Å². The van der Waals surface area contributed by atoms with Crippen molar-refractivity contribution in [2.45, 2.75) is 44.7 Å². The average Bonchev–Trinajstić information content (AvgIpc) is 3.18. The highest BCUT2D eigenvalue weighted by Crippen LogP contribution is 2.28. The topological polar surface area (TPSA) is 29.9 Å². The molecular weight excluding hydrogens is 282 g/mol. The van der Waals surface area contributed by atoms with Crippen LogP contribution in [0.2, 0.25) is 0 Å². The zero-order chi connectivity index (χ0) is 14.5. The van der Waals surface area contributed by atoms with Crippen molar-refractivity contribution in [1.29, 1.82) is 0 Å². The lowest BCUT2D eigenvalue weighted by molar-refractivity contribution is 0.463. The van der Waals surface area contributed by atoms with Crippen LogP contribution in [0.1, 0.15) is 43.0 Å². The van der Waals surface area contributed by atoms with E-state index in [-0.39, 0.29) is 0 Å². The molecule has 3 rings (SSSR count). The fourth-order valence-corrected chi connectivity index (χ4v) is 3.15. The van der Waals surface area contributed by atoms with Gasteiger partial charge in [-0.25, -0.2) is 0 Å². The third-order valence-corrected chi connectivity index (χ3v) is 4.36. The van der Waals surface area contributed by atoms with Crippen molar-refractivity contribution in [3.63, 3.8) is 0 Å². The Balaban J connectivity index is 1.54. The first kappa shape index (κ1) is 14.5. The molecule has 0 bridgehead atoms. The molecule has 0 amide bonds. The molecule has 1 aliphatic carbocycles. The van der Waals surface area contributed by atoms with Gasteiger partial charge < -0.3 is 5.32 Å². The molecule has 21 heavy (non-hydrogen) atoms. The van der Waals surface area contributed by atoms with Crippen molar-refractivity contribution in [1.82, 2.24) is 9.78 Å². The summed E-state index contributed by atoms with van der Waals surface area (Å²) >= 11 is 5.75. The Morgan fingerprint density at radius 2 is 1.90 bits per heavy atom. The molecule has 1 aromatic carbocycles. The predicted molar refractivity (Wildman–Crippen MR) is 87.9 cm³/mol. The van der Waals surface area contributed by atoms with Crippen molar-refractivity contribution in [2.75, 3.05) is 11.2 Å². The number of aromatic nitrogens is 2. The lowest BCUT2D eigenvalue weighted by Crippen LogP contribution is -2.07. The van der Waals surface area contributed by atoms with Gasteiger partial charge in [-0.2, -0.15) is 5.10 Å². The Morgan fingerprint density at radius 1 is 1.14 bits per heavy atom. The molecule has 0 spiro atoms. The number of hydrogen-bond acceptors (Lipinski definition) is 2. The number of nitrogens with one attached hydrogen (secondary N) is 1. The molecule has 0 atom stereocenters. The van der Waals surface area contributed by atoms with Gasteiger partial charge in [-0.1, -0.05) is 25.0 Å². The van der Waals surface area contributed by atoms with Gasteiger partial charge in [0.1, 0.15) is 0 Å². The van der Waals surface area contributed by atoms with Crippen LogP contribution in [0.25, 0.3) is 0 Å². The SMILES string of the molecule is ClCCc1ccc(NCc2ccn(C3CCCC3)n2)cc1. The van der Waals surface area contributed by atoms with Crippen molar-refractivity contribution in [3.05, 3.63) is 47.8 Å². The quantitative estimate of drug-likeness (QED) is 0.802. The van der Waals surface area contributed by atoms with Crippen LogP contribution in [0.3, 0.4) is 0 Å². The number of aryl methyl sites for hydroxylation is 1. The summed E-state index contributed by atoms with van der Waals surface area (Å²) in [5.41, 5.74) is 3.51. The summed E-state index contributed by atoms with van der Waals surface area (Å²) in [4.78, 5) is 0. The van der Waals surface area contributed by atoms with E-state index in [2.05, 4.69) is 46.5 Å². The van der Waals surface area contributed by atoms with Gasteiger partial charge in [-0.05, 0) is 43.0 Å². The number of hydrogen-bond donors (Lipinski definition) is 1. The van der Waals surface area contributed by atoms with E-state index in [9.17, 15) is 0 Å². The maximum atomic E-state index is 5.75. The molecular formula is C17H22ClN3. The minimum Gasteiger partial charge on any atom is -0.379 e. The Bertz CT molecular complexity index is 556. The second-order valence-corrected chi connectivity index (χ2v) is 6.09. The fourth-order valence-electron chi connectivity index (χ4n) is 2.93. The number of benzene rings is 1. The first-order chi connectivity index (χ1) is 10.3. The molecule has 1 fully saturated rings. The van der Waals surface area contributed by atoms with Gasteiger partial charge in [-0.15, -0.1) is 11.6 Å². The Labute approximate surface area is 131 Å². The van der Waals surface area contributed by atoms with E-state index >= 15 is 0 Å². The van der Waals surface area contributed by atoms with Gasteiger partial charge in [0.25, 0.3) is 0 Å². The van der Waals surface area contributed by atoms with Crippen LogP contribution in [0, 0.1) is 0 Å². The summed E-state index contributed by atoms with van der Waals surface area (Å²) in [7, 11) is 0. The van der Waals surface area contributed by atoms with E-state index in [0.717, 1.165) is 24.3 Å². The second-order valence-electron chi connectivity index (χ2n) is 5.71. The van der Waals surface area contributed by atoms with Crippen LogP contribution < -0.4 is 5.32 Å². The number of halogens is 1. The van der Waals surface area contributed by atoms with Gasteiger partial charge in [0.15, 0.2) is 0 Å². The van der Waals surface area contributed by atoms with Gasteiger partial charge in [-0.3, -0.25) is 4.68 Å². The molecule has 4 heteroatoms. The summed E-state index contributed by atoms with van der Waals surface area (Å²) < 4.78 is 2.15. The van der Waals surface area contributed by atoms with E-state index in [1.807, 2.05) is 0 Å². The maximum absolute atomic E-state index is 5.75. The fraction of sp³-hybridized carbons (Fsp3) is 0.471. The van der Waals surface area contributed by atoms with Gasteiger partial charge in [0, 0.05) is 17.8 Å². The highest BCUT2D eigenvalue weighted by atomic mass is 35.5. The normalized spacial score (nSPS) is 15.5. The van der Waals surface area contributed by atoms with E-state index < -0.39 is 0 Å². The second kappa shape index (κ2) is 6.99. The molecule has 0 unspecified atom stereocenters. The minimum absolute atomic E-state index is 0.619. The van der Waals surface area contributed by atoms with Crippen molar-refractivity contribution in [3.8, 4) is 0 Å². The summed E-state index contributed by atoms with van der Waals surface area (Å²) in [5.74, 6) is 0.672. The van der Waals surface area contributed by atoms with Crippen LogP contribution in [0.15, 0.2) is 36.5 Å². The molecule has 2 aromatic rings. The number of nitrogens with zero attached hydrogens (tertiary/aromatic N) is 2. The van der Waals surface area contributed by atoms with Crippen LogP contribution in [-0.2, 0) is 13.0 Å². The molecule has 3 nitrogen and oxygen atoms in total. The van der Waals surface area contributed by atoms with E-state index in [0.29, 0.717) is 11.9 Å². The van der Waals surface area contributed by atoms with Crippen molar-refractivity contribution in [2.24, 2.45) is 0 Å². The Morgan fingerprint density at radius 3 is 2.62 bits per heavy atom. The maximum Gasteiger partial charge on any atom is 0.0815 e. The Kier molecular flexibility index (Phi) is 4.81. The monoisotopic (exact) mass is 303 g/mol. The van der Waals surface area contributed by atoms with Gasteiger partial charge in [0.2, 0.25) is 0 Å². The summed E-state index contributed by atoms with van der Waals surface area (Å²) in [5, 5.41) is 8.12. The first-order valence-corrected chi connectivity index (χ1v) is 8.31. The molecule has 0 aliphatic heterocycles. The van der Waals surface area contributed by atoms with Crippen LogP contribution in [-0.4, -0.2) is 15.7 Å². The standard InChI is InChI=1S/C17H22ClN3/c18-11-9-14-5-7-15(8-6-14)19-13-16-10-12-21(20-16)17-3-1-2-4-17/h5-8,10,12,17,19H,1-4,9,11,13H2. The smallest absolute Gasteiger partial charge is 0.0815 e. The molecule has 1 aliphatic rings. The molecule has 112 valence electrons. The van der Waals surface area contributed by atoms with Crippen LogP contribution >= 0.6 is 11.6 Å². The lowest BCUT2D eigenvalue weighted by Gasteiger charge is -2.09. The Hall–Kier alpha value is -1.48. The molecule has 1 heterocycles. The van der Waals surface area contributed by atoms with E-state index in [1.54, 1.807) is 0 Å². The largest absolute Gasteiger partial charge is 0.379 e. The molecule has 0 saturated heterocycles. The zero-order valence-corrected chi connectivity index (χ0v) is 13.0. The number of rotatable bonds is 6. The number of anilines is 1. The molecule has 1 aromatic heterocycles. The highest BCUT2D eigenvalue weighted by Gasteiger charge is 2.17. The zero-order valence-electron chi connectivity index (χ0n) is 12.3. The van der Waals surface area contributed by atoms with Crippen molar-refractivity contribution < 1.29 is 0 Å². The minimum atomic E-state index is 0.619. The van der Waals surface area contributed by atoms with Crippen LogP contribution in [0.4, 0.5) is 5.69 Å². The number of alkyl halides is 1. The van der Waals surface area contributed by atoms with Crippen molar-refractivity contribution >= 4 is 17.3 Å². The van der Waals surface area contributed by atoms with E-state index in [4.69, 9.17) is 16.7 Å². The van der Waals surface area contributed by atoms with E-state index in [1.165, 1.54) is 31.2 Å². The van der Waals surface area contributed by atoms with Gasteiger partial charge in [0.05, 0.1) is 18.3 Å². The third-order valence-electron chi connectivity index (χ3n) is 4.17. The predicted octanol–water partition coefficient (Wildman–Crippen LogP) is 4.39.